The van der Waals surface area contributed by atoms with Crippen LogP contribution in [0.15, 0.2) is 48.8 Å². The quantitative estimate of drug-likeness (QED) is 0.358. The summed E-state index contributed by atoms with van der Waals surface area (Å²) in [5, 5.41) is 0.364. The van der Waals surface area contributed by atoms with Crippen molar-refractivity contribution in [1.29, 1.82) is 0 Å². The molecule has 1 aromatic carbocycles. The molecule has 1 N–H and O–H groups in total. The summed E-state index contributed by atoms with van der Waals surface area (Å²) in [4.78, 5) is 21.3. The van der Waals surface area contributed by atoms with Crippen LogP contribution in [0.2, 0.25) is 0 Å². The van der Waals surface area contributed by atoms with Crippen molar-refractivity contribution in [2.24, 2.45) is 0 Å². The zero-order valence-corrected chi connectivity index (χ0v) is 22.0. The third-order valence-electron chi connectivity index (χ3n) is 7.92. The average molecular weight is 537 g/mol. The van der Waals surface area contributed by atoms with Crippen molar-refractivity contribution in [3.05, 3.63) is 71.2 Å². The van der Waals surface area contributed by atoms with E-state index in [-0.39, 0.29) is 23.5 Å². The maximum Gasteiger partial charge on any atom is 0.418 e. The standard InChI is InChI=1S/C29H31F3N6O/c1-18-14-20(39-2)9-13-38(18)28-22-17-37(16-19-6-4-3-5-7-19)12-10-24(22)35-27(36-28)25-21-8-11-33-26(21)34-15-23(25)29(30,31)32/h3-8,11,15,18,20H,9-10,12-14,16-17H2,1-2H3,(H,33,34). The zero-order valence-electron chi connectivity index (χ0n) is 22.0. The molecule has 5 heterocycles. The van der Waals surface area contributed by atoms with Crippen molar-refractivity contribution >= 4 is 16.9 Å². The Hall–Kier alpha value is -3.50. The summed E-state index contributed by atoms with van der Waals surface area (Å²) in [5.74, 6) is 0.823. The van der Waals surface area contributed by atoms with E-state index in [1.165, 1.54) is 5.56 Å². The molecule has 6 rings (SSSR count). The number of alkyl halides is 3. The number of H-pyrrole nitrogens is 1. The van der Waals surface area contributed by atoms with Crippen molar-refractivity contribution in [1.82, 2.24) is 24.8 Å². The van der Waals surface area contributed by atoms with E-state index in [1.54, 1.807) is 19.4 Å². The second kappa shape index (κ2) is 10.2. The lowest BCUT2D eigenvalue weighted by molar-refractivity contribution is -0.137. The number of piperidine rings is 1. The molecule has 2 atom stereocenters. The van der Waals surface area contributed by atoms with Crippen LogP contribution in [-0.2, 0) is 30.4 Å². The van der Waals surface area contributed by atoms with E-state index in [2.05, 4.69) is 38.8 Å². The minimum atomic E-state index is -4.59. The Balaban J connectivity index is 1.48. The number of halogens is 3. The van der Waals surface area contributed by atoms with Crippen molar-refractivity contribution in [2.75, 3.05) is 25.1 Å². The molecule has 2 aliphatic heterocycles. The third kappa shape index (κ3) is 4.98. The molecule has 39 heavy (non-hydrogen) atoms. The van der Waals surface area contributed by atoms with Crippen LogP contribution in [0, 0.1) is 0 Å². The van der Waals surface area contributed by atoms with E-state index < -0.39 is 11.7 Å². The number of ether oxygens (including phenoxy) is 1. The van der Waals surface area contributed by atoms with Crippen LogP contribution in [0.4, 0.5) is 19.0 Å². The van der Waals surface area contributed by atoms with Crippen molar-refractivity contribution < 1.29 is 17.9 Å². The molecule has 1 fully saturated rings. The molecule has 2 aliphatic rings. The minimum Gasteiger partial charge on any atom is -0.381 e. The molecule has 4 aromatic rings. The number of rotatable bonds is 5. The Morgan fingerprint density at radius 2 is 1.92 bits per heavy atom. The first kappa shape index (κ1) is 25.8. The number of aromatic nitrogens is 4. The Kier molecular flexibility index (Phi) is 6.76. The highest BCUT2D eigenvalue weighted by Gasteiger charge is 2.38. The Bertz CT molecular complexity index is 1470. The number of hydrogen-bond donors (Lipinski definition) is 1. The summed E-state index contributed by atoms with van der Waals surface area (Å²) in [7, 11) is 1.73. The van der Waals surface area contributed by atoms with Gasteiger partial charge in [-0.1, -0.05) is 30.3 Å². The van der Waals surface area contributed by atoms with Crippen molar-refractivity contribution in [3.63, 3.8) is 0 Å². The fourth-order valence-corrected chi connectivity index (χ4v) is 5.90. The van der Waals surface area contributed by atoms with Gasteiger partial charge in [0.2, 0.25) is 0 Å². The van der Waals surface area contributed by atoms with Gasteiger partial charge in [-0.3, -0.25) is 4.90 Å². The number of anilines is 1. The monoisotopic (exact) mass is 536 g/mol. The predicted molar refractivity (Wildman–Crippen MR) is 143 cm³/mol. The molecule has 0 amide bonds. The van der Waals surface area contributed by atoms with Gasteiger partial charge in [-0.25, -0.2) is 15.0 Å². The van der Waals surface area contributed by atoms with Crippen LogP contribution in [-0.4, -0.2) is 57.2 Å². The molecule has 7 nitrogen and oxygen atoms in total. The van der Waals surface area contributed by atoms with Crippen LogP contribution < -0.4 is 4.90 Å². The lowest BCUT2D eigenvalue weighted by Crippen LogP contribution is -2.45. The average Bonchev–Trinajstić information content (AvgIpc) is 3.41. The second-order valence-corrected chi connectivity index (χ2v) is 10.5. The smallest absolute Gasteiger partial charge is 0.381 e. The van der Waals surface area contributed by atoms with E-state index in [0.29, 0.717) is 30.5 Å². The Labute approximate surface area is 225 Å². The summed E-state index contributed by atoms with van der Waals surface area (Å²) in [6.45, 7) is 5.03. The van der Waals surface area contributed by atoms with Gasteiger partial charge in [0.25, 0.3) is 0 Å². The number of nitrogens with zero attached hydrogens (tertiary/aromatic N) is 5. The second-order valence-electron chi connectivity index (χ2n) is 10.5. The van der Waals surface area contributed by atoms with E-state index in [4.69, 9.17) is 14.7 Å². The molecule has 0 spiro atoms. The van der Waals surface area contributed by atoms with Crippen LogP contribution in [0.1, 0.15) is 42.1 Å². The van der Waals surface area contributed by atoms with Crippen LogP contribution in [0.25, 0.3) is 22.4 Å². The van der Waals surface area contributed by atoms with E-state index in [1.807, 2.05) is 18.2 Å². The van der Waals surface area contributed by atoms with E-state index in [9.17, 15) is 13.2 Å². The van der Waals surface area contributed by atoms with Crippen LogP contribution in [0.3, 0.4) is 0 Å². The highest BCUT2D eigenvalue weighted by atomic mass is 19.4. The summed E-state index contributed by atoms with van der Waals surface area (Å²) in [6, 6.07) is 12.0. The SMILES string of the molecule is COC1CCN(c2nc(-c3c(C(F)(F)F)cnc4[nH]ccc34)nc3c2CN(Cc2ccccc2)CC3)C(C)C1. The number of pyridine rings is 1. The lowest BCUT2D eigenvalue weighted by Gasteiger charge is -2.40. The molecule has 0 bridgehead atoms. The van der Waals surface area contributed by atoms with Gasteiger partial charge >= 0.3 is 6.18 Å². The topological polar surface area (TPSA) is 70.2 Å². The summed E-state index contributed by atoms with van der Waals surface area (Å²) in [5.41, 5.74) is 2.56. The van der Waals surface area contributed by atoms with Gasteiger partial charge in [-0.15, -0.1) is 0 Å². The van der Waals surface area contributed by atoms with Gasteiger partial charge < -0.3 is 14.6 Å². The molecular formula is C29H31F3N6O. The van der Waals surface area contributed by atoms with Crippen molar-refractivity contribution in [3.8, 4) is 11.4 Å². The van der Waals surface area contributed by atoms with Gasteiger partial charge in [-0.2, -0.15) is 13.2 Å². The van der Waals surface area contributed by atoms with Crippen LogP contribution >= 0.6 is 0 Å². The molecule has 10 heteroatoms. The predicted octanol–water partition coefficient (Wildman–Crippen LogP) is 5.60. The molecule has 2 unspecified atom stereocenters. The maximum atomic E-state index is 14.2. The van der Waals surface area contributed by atoms with Crippen molar-refractivity contribution in [2.45, 2.75) is 57.6 Å². The van der Waals surface area contributed by atoms with Gasteiger partial charge in [-0.05, 0) is 31.4 Å². The number of aromatic amines is 1. The lowest BCUT2D eigenvalue weighted by atomic mass is 9.97. The molecule has 204 valence electrons. The molecule has 0 aliphatic carbocycles. The molecule has 3 aromatic heterocycles. The number of hydrogen-bond acceptors (Lipinski definition) is 6. The van der Waals surface area contributed by atoms with E-state index >= 15 is 0 Å². The first-order valence-corrected chi connectivity index (χ1v) is 13.3. The first-order chi connectivity index (χ1) is 18.8. The fraction of sp³-hybridized carbons (Fsp3) is 0.414. The zero-order chi connectivity index (χ0) is 27.1. The van der Waals surface area contributed by atoms with Gasteiger partial charge in [0.05, 0.1) is 17.4 Å². The Morgan fingerprint density at radius 1 is 1.10 bits per heavy atom. The molecule has 0 saturated carbocycles. The number of fused-ring (bicyclic) bond motifs is 2. The van der Waals surface area contributed by atoms with Gasteiger partial charge in [0, 0.05) is 74.7 Å². The highest BCUT2D eigenvalue weighted by Crippen LogP contribution is 2.41. The van der Waals surface area contributed by atoms with Gasteiger partial charge in [0.15, 0.2) is 5.82 Å². The Morgan fingerprint density at radius 3 is 2.67 bits per heavy atom. The number of methoxy groups -OCH3 is 1. The highest BCUT2D eigenvalue weighted by molar-refractivity contribution is 5.93. The largest absolute Gasteiger partial charge is 0.418 e. The summed E-state index contributed by atoms with van der Waals surface area (Å²) >= 11 is 0. The maximum absolute atomic E-state index is 14.2. The van der Waals surface area contributed by atoms with E-state index in [0.717, 1.165) is 49.2 Å². The minimum absolute atomic E-state index is 0.0241. The molecule has 1 saturated heterocycles. The summed E-state index contributed by atoms with van der Waals surface area (Å²) < 4.78 is 48.3. The summed E-state index contributed by atoms with van der Waals surface area (Å²) in [6.07, 6.45) is 0.321. The number of benzene rings is 1. The third-order valence-corrected chi connectivity index (χ3v) is 7.92. The van der Waals surface area contributed by atoms with Gasteiger partial charge in [0.1, 0.15) is 11.5 Å². The molecule has 0 radical (unpaired) electrons. The molecular weight excluding hydrogens is 505 g/mol. The first-order valence-electron chi connectivity index (χ1n) is 13.3. The normalized spacial score (nSPS) is 20.4. The number of nitrogens with one attached hydrogen (secondary N) is 1. The fourth-order valence-electron chi connectivity index (χ4n) is 5.90. The van der Waals surface area contributed by atoms with Crippen LogP contribution in [0.5, 0.6) is 0 Å².